The molecule has 18 heteroatoms. The Hall–Kier alpha value is -7.80. The highest BCUT2D eigenvalue weighted by molar-refractivity contribution is 5.72. The van der Waals surface area contributed by atoms with Crippen molar-refractivity contribution in [2.45, 2.75) is 54.6 Å². The molecule has 3 unspecified atom stereocenters. The summed E-state index contributed by atoms with van der Waals surface area (Å²) < 4.78 is 25.4. The fourth-order valence-electron chi connectivity index (χ4n) is 9.27. The number of ether oxygens (including phenoxy) is 4. The van der Waals surface area contributed by atoms with Crippen LogP contribution in [0.25, 0.3) is 0 Å². The van der Waals surface area contributed by atoms with Crippen LogP contribution >= 0.6 is 0 Å². The molecule has 0 spiro atoms. The van der Waals surface area contributed by atoms with Gasteiger partial charge in [0.15, 0.2) is 52.1 Å². The van der Waals surface area contributed by atoms with E-state index < -0.39 is 117 Å². The van der Waals surface area contributed by atoms with Gasteiger partial charge in [-0.15, -0.1) is 0 Å². The minimum absolute atomic E-state index is 0.0234. The van der Waals surface area contributed by atoms with E-state index in [0.29, 0.717) is 0 Å². The van der Waals surface area contributed by atoms with Crippen LogP contribution in [0.5, 0.6) is 86.2 Å². The van der Waals surface area contributed by atoms with Crippen molar-refractivity contribution in [2.75, 3.05) is 0 Å². The van der Waals surface area contributed by atoms with Crippen LogP contribution in [0.3, 0.4) is 0 Å². The Kier molecular flexibility index (Phi) is 8.49. The number of benzene rings is 6. The van der Waals surface area contributed by atoms with Gasteiger partial charge in [0.25, 0.3) is 0 Å². The molecule has 0 saturated heterocycles. The smallest absolute Gasteiger partial charge is 0.305 e. The van der Waals surface area contributed by atoms with Gasteiger partial charge in [-0.25, -0.2) is 0 Å². The molecule has 8 atom stereocenters. The number of phenolic OH excluding ortho intramolecular Hbond substituents is 11. The van der Waals surface area contributed by atoms with Gasteiger partial charge in [-0.3, -0.25) is 0 Å². The lowest BCUT2D eigenvalue weighted by atomic mass is 9.72. The number of hydrogen-bond donors (Lipinski definition) is 14. The van der Waals surface area contributed by atoms with Crippen LogP contribution in [0, 0.1) is 0 Å². The molecule has 4 aliphatic rings. The molecule has 0 saturated carbocycles. The van der Waals surface area contributed by atoms with E-state index in [2.05, 4.69) is 0 Å². The molecular formula is C45H36O18. The highest BCUT2D eigenvalue weighted by atomic mass is 16.7. The minimum atomic E-state index is -2.53. The van der Waals surface area contributed by atoms with Crippen LogP contribution in [0.2, 0.25) is 0 Å². The van der Waals surface area contributed by atoms with E-state index in [4.69, 9.17) is 18.9 Å². The summed E-state index contributed by atoms with van der Waals surface area (Å²) >= 11 is 0. The normalized spacial score (nSPS) is 25.2. The van der Waals surface area contributed by atoms with Crippen molar-refractivity contribution in [3.05, 3.63) is 123 Å². The second-order valence-electron chi connectivity index (χ2n) is 15.9. The lowest BCUT2D eigenvalue weighted by Crippen LogP contribution is -2.58. The summed E-state index contributed by atoms with van der Waals surface area (Å²) in [5.74, 6) is -12.9. The molecule has 63 heavy (non-hydrogen) atoms. The molecule has 0 radical (unpaired) electrons. The van der Waals surface area contributed by atoms with Crippen molar-refractivity contribution < 1.29 is 90.4 Å². The number of aliphatic hydroxyl groups is 3. The zero-order valence-corrected chi connectivity index (χ0v) is 32.1. The first kappa shape index (κ1) is 39.3. The van der Waals surface area contributed by atoms with Gasteiger partial charge in [-0.1, -0.05) is 12.1 Å². The van der Waals surface area contributed by atoms with Crippen LogP contribution < -0.4 is 18.9 Å². The fraction of sp³-hybridized carbons (Fsp3) is 0.200. The molecule has 6 aromatic rings. The van der Waals surface area contributed by atoms with Crippen molar-refractivity contribution >= 4 is 0 Å². The molecule has 10 rings (SSSR count). The van der Waals surface area contributed by atoms with Crippen molar-refractivity contribution in [3.63, 3.8) is 0 Å². The number of aromatic hydroxyl groups is 11. The van der Waals surface area contributed by atoms with Gasteiger partial charge >= 0.3 is 5.79 Å². The van der Waals surface area contributed by atoms with Crippen LogP contribution in [0.4, 0.5) is 0 Å². The SMILES string of the molecule is Oc1cc(O)c2c(c1)O[C@H](c1ccc(O)c(O)c1)[C@H](O)[C@H]2c1c(O)cc(O)c2c1O[C@@]1(c3ccc(O)c(O)c3)Oc3c(cc4c(c3O)CC(O)C(c3ccc(O)c(O)c3)O4)C2[C@H]1O. The van der Waals surface area contributed by atoms with Crippen molar-refractivity contribution in [3.8, 4) is 86.2 Å². The Bertz CT molecular complexity index is 2910. The van der Waals surface area contributed by atoms with Gasteiger partial charge in [0.1, 0.15) is 58.6 Å². The largest absolute Gasteiger partial charge is 0.508 e. The minimum Gasteiger partial charge on any atom is -0.508 e. The first-order chi connectivity index (χ1) is 30.0. The number of fused-ring (bicyclic) bond motifs is 8. The zero-order chi connectivity index (χ0) is 44.5. The van der Waals surface area contributed by atoms with Crippen LogP contribution in [0.15, 0.2) is 78.9 Å². The molecule has 0 fully saturated rings. The van der Waals surface area contributed by atoms with Crippen LogP contribution in [-0.2, 0) is 12.2 Å². The van der Waals surface area contributed by atoms with E-state index in [1.807, 2.05) is 0 Å². The average molecular weight is 865 g/mol. The molecule has 14 N–H and O–H groups in total. The number of hydrogen-bond acceptors (Lipinski definition) is 18. The summed E-state index contributed by atoms with van der Waals surface area (Å²) in [6.45, 7) is 0. The van der Waals surface area contributed by atoms with Gasteiger partial charge in [0, 0.05) is 58.0 Å². The van der Waals surface area contributed by atoms with E-state index in [1.54, 1.807) is 0 Å². The zero-order valence-electron chi connectivity index (χ0n) is 32.1. The predicted octanol–water partition coefficient (Wildman–Crippen LogP) is 4.24. The number of phenols is 11. The summed E-state index contributed by atoms with van der Waals surface area (Å²) in [4.78, 5) is 0. The maximum absolute atomic E-state index is 12.5. The van der Waals surface area contributed by atoms with Crippen molar-refractivity contribution in [1.29, 1.82) is 0 Å². The lowest BCUT2D eigenvalue weighted by molar-refractivity contribution is -0.219. The summed E-state index contributed by atoms with van der Waals surface area (Å²) in [7, 11) is 0. The third-order valence-corrected chi connectivity index (χ3v) is 12.2. The van der Waals surface area contributed by atoms with E-state index in [9.17, 15) is 71.5 Å². The molecule has 4 aliphatic heterocycles. The maximum atomic E-state index is 12.5. The van der Waals surface area contributed by atoms with E-state index >= 15 is 0 Å². The molecular weight excluding hydrogens is 828 g/mol. The lowest BCUT2D eigenvalue weighted by Gasteiger charge is -2.51. The van der Waals surface area contributed by atoms with E-state index in [1.165, 1.54) is 36.4 Å². The average Bonchev–Trinajstić information content (AvgIpc) is 3.22. The Balaban J connectivity index is 1.22. The van der Waals surface area contributed by atoms with Crippen molar-refractivity contribution in [2.24, 2.45) is 0 Å². The highest BCUT2D eigenvalue weighted by Crippen LogP contribution is 2.65. The van der Waals surface area contributed by atoms with Crippen LogP contribution in [-0.4, -0.2) is 89.8 Å². The van der Waals surface area contributed by atoms with Gasteiger partial charge in [0.05, 0.1) is 17.9 Å². The number of aliphatic hydroxyl groups excluding tert-OH is 3. The molecule has 4 heterocycles. The van der Waals surface area contributed by atoms with Gasteiger partial charge < -0.3 is 90.4 Å². The Morgan fingerprint density at radius 3 is 1.67 bits per heavy atom. The van der Waals surface area contributed by atoms with E-state index in [-0.39, 0.29) is 68.2 Å². The fourth-order valence-corrected chi connectivity index (χ4v) is 9.27. The molecule has 2 bridgehead atoms. The highest BCUT2D eigenvalue weighted by Gasteiger charge is 2.61. The molecule has 324 valence electrons. The first-order valence-corrected chi connectivity index (χ1v) is 19.3. The second-order valence-corrected chi connectivity index (χ2v) is 15.9. The molecule has 0 aromatic heterocycles. The summed E-state index contributed by atoms with van der Waals surface area (Å²) in [5, 5.41) is 155. The third-order valence-electron chi connectivity index (χ3n) is 12.2. The van der Waals surface area contributed by atoms with Gasteiger partial charge in [-0.2, -0.15) is 0 Å². The topological polar surface area (TPSA) is 320 Å². The van der Waals surface area contributed by atoms with Gasteiger partial charge in [-0.05, 0) is 59.7 Å². The molecule has 0 aliphatic carbocycles. The third kappa shape index (κ3) is 5.68. The standard InChI is InChI=1S/C45H36O18/c46-18-10-27(53)34-32(11-18)61-41(16-2-5-22(48)25(51)8-16)39(58)37(34)36-29(55)14-28(54)35-33-20-13-31-19(12-30(56)40(60-31)15-1-4-21(47)24(50)7-15)38(57)42(20)62-45(44(33)59,63-43(35)36)17-3-6-23(49)26(52)9-17/h1-11,13-14,30,33,37,39-41,44,46-59H,12H2/t30?,33?,37-,39-,40?,41-,44-,45-/m1/s1. The van der Waals surface area contributed by atoms with Gasteiger partial charge in [0.2, 0.25) is 0 Å². The molecule has 6 aromatic carbocycles. The predicted molar refractivity (Wildman–Crippen MR) is 212 cm³/mol. The monoisotopic (exact) mass is 864 g/mol. The summed E-state index contributed by atoms with van der Waals surface area (Å²) in [6.07, 6.45) is -7.90. The molecule has 18 nitrogen and oxygen atoms in total. The molecule has 0 amide bonds. The van der Waals surface area contributed by atoms with Crippen molar-refractivity contribution in [1.82, 2.24) is 0 Å². The number of rotatable bonds is 4. The Morgan fingerprint density at radius 1 is 0.476 bits per heavy atom. The quantitative estimate of drug-likeness (QED) is 0.110. The Labute approximate surface area is 354 Å². The summed E-state index contributed by atoms with van der Waals surface area (Å²) in [6, 6.07) is 15.1. The first-order valence-electron chi connectivity index (χ1n) is 19.3. The maximum Gasteiger partial charge on any atom is 0.305 e. The summed E-state index contributed by atoms with van der Waals surface area (Å²) in [5.41, 5.74) is -0.576. The Morgan fingerprint density at radius 2 is 1.03 bits per heavy atom. The van der Waals surface area contributed by atoms with Crippen LogP contribution in [0.1, 0.15) is 68.6 Å². The second kappa shape index (κ2) is 13.6. The van der Waals surface area contributed by atoms with E-state index in [0.717, 1.165) is 42.5 Å².